The molecule has 30 heavy (non-hydrogen) atoms. The van der Waals surface area contributed by atoms with Crippen molar-refractivity contribution in [1.29, 1.82) is 0 Å². The summed E-state index contributed by atoms with van der Waals surface area (Å²) in [6, 6.07) is 8.87. The Morgan fingerprint density at radius 2 is 1.97 bits per heavy atom. The van der Waals surface area contributed by atoms with Crippen LogP contribution in [0.25, 0.3) is 6.08 Å². The van der Waals surface area contributed by atoms with Gasteiger partial charge in [0.2, 0.25) is 0 Å². The summed E-state index contributed by atoms with van der Waals surface area (Å²) in [5, 5.41) is 2.37. The number of amides is 4. The first-order valence-electron chi connectivity index (χ1n) is 8.64. The summed E-state index contributed by atoms with van der Waals surface area (Å²) in [6.07, 6.45) is 2.99. The number of urea groups is 1. The summed E-state index contributed by atoms with van der Waals surface area (Å²) in [5.41, 5.74) is 0.488. The highest BCUT2D eigenvalue weighted by atomic mass is 127. The Balaban J connectivity index is 2.03. The number of hydrogen-bond acceptors (Lipinski definition) is 5. The summed E-state index contributed by atoms with van der Waals surface area (Å²) < 4.78 is 11.7. The van der Waals surface area contributed by atoms with Crippen LogP contribution in [0.1, 0.15) is 5.56 Å². The molecule has 1 heterocycles. The zero-order valence-electron chi connectivity index (χ0n) is 15.8. The fraction of sp³-hybridized carbons (Fsp3) is 0.0952. The third-order valence-electron chi connectivity index (χ3n) is 4.10. The largest absolute Gasteiger partial charge is 0.493 e. The molecule has 9 heteroatoms. The lowest BCUT2D eigenvalue weighted by atomic mass is 10.1. The minimum absolute atomic E-state index is 0.181. The van der Waals surface area contributed by atoms with Crippen molar-refractivity contribution in [3.8, 4) is 11.5 Å². The van der Waals surface area contributed by atoms with Crippen LogP contribution in [-0.2, 0) is 9.59 Å². The van der Waals surface area contributed by atoms with Crippen LogP contribution < -0.4 is 19.7 Å². The van der Waals surface area contributed by atoms with Crippen LogP contribution in [0, 0.1) is 3.57 Å². The number of ether oxygens (including phenoxy) is 2. The Bertz CT molecular complexity index is 1080. The highest BCUT2D eigenvalue weighted by molar-refractivity contribution is 14.1. The maximum atomic E-state index is 13.0. The van der Waals surface area contributed by atoms with Crippen LogP contribution in [-0.4, -0.2) is 31.6 Å². The number of benzene rings is 2. The molecule has 2 aromatic rings. The van der Waals surface area contributed by atoms with Crippen molar-refractivity contribution >= 4 is 63.8 Å². The number of rotatable bonds is 6. The van der Waals surface area contributed by atoms with Gasteiger partial charge in [-0.2, -0.15) is 0 Å². The molecule has 0 atom stereocenters. The second-order valence-corrected chi connectivity index (χ2v) is 7.61. The van der Waals surface area contributed by atoms with E-state index in [1.807, 2.05) is 0 Å². The molecule has 4 amide bonds. The van der Waals surface area contributed by atoms with Gasteiger partial charge in [-0.15, -0.1) is 0 Å². The monoisotopic (exact) mass is 538 g/mol. The standard InChI is InChI=1S/C21H16ClIN2O5/c1-3-8-30-18-15(23)10-12(11-17(18)29-2)9-13-19(26)24-21(28)25(20(13)27)16-7-5-4-6-14(16)22/h3-7,9-11H,1,8H2,2H3,(H,24,26,28)/b13-9+. The molecule has 1 saturated heterocycles. The Labute approximate surface area is 191 Å². The lowest BCUT2D eigenvalue weighted by molar-refractivity contribution is -0.122. The molecule has 1 aliphatic heterocycles. The quantitative estimate of drug-likeness (QED) is 0.258. The summed E-state index contributed by atoms with van der Waals surface area (Å²) in [5.74, 6) is -0.627. The van der Waals surface area contributed by atoms with E-state index in [1.165, 1.54) is 19.3 Å². The number of methoxy groups -OCH3 is 1. The molecule has 0 saturated carbocycles. The Morgan fingerprint density at radius 1 is 1.23 bits per heavy atom. The topological polar surface area (TPSA) is 84.9 Å². The second-order valence-electron chi connectivity index (χ2n) is 6.04. The number of imide groups is 2. The van der Waals surface area contributed by atoms with Crippen LogP contribution in [0.15, 0.2) is 54.6 Å². The van der Waals surface area contributed by atoms with Gasteiger partial charge in [0.1, 0.15) is 12.2 Å². The minimum atomic E-state index is -0.865. The number of anilines is 1. The second kappa shape index (κ2) is 9.31. The van der Waals surface area contributed by atoms with E-state index in [4.69, 9.17) is 21.1 Å². The van der Waals surface area contributed by atoms with Crippen molar-refractivity contribution in [3.63, 3.8) is 0 Å². The minimum Gasteiger partial charge on any atom is -0.493 e. The molecule has 0 spiro atoms. The van der Waals surface area contributed by atoms with E-state index in [9.17, 15) is 14.4 Å². The van der Waals surface area contributed by atoms with Gasteiger partial charge in [-0.3, -0.25) is 14.9 Å². The van der Waals surface area contributed by atoms with Gasteiger partial charge in [0.15, 0.2) is 11.5 Å². The highest BCUT2D eigenvalue weighted by Gasteiger charge is 2.37. The predicted octanol–water partition coefficient (Wildman–Crippen LogP) is 4.18. The Kier molecular flexibility index (Phi) is 6.78. The van der Waals surface area contributed by atoms with Gasteiger partial charge in [0.25, 0.3) is 11.8 Å². The average Bonchev–Trinajstić information content (AvgIpc) is 2.71. The summed E-state index contributed by atoms with van der Waals surface area (Å²) in [4.78, 5) is 38.5. The first kappa shape index (κ1) is 21.8. The van der Waals surface area contributed by atoms with Crippen LogP contribution >= 0.6 is 34.2 Å². The van der Waals surface area contributed by atoms with Gasteiger partial charge in [-0.05, 0) is 58.5 Å². The molecule has 0 aromatic heterocycles. The third kappa shape index (κ3) is 4.34. The molecule has 2 aromatic carbocycles. The first-order chi connectivity index (χ1) is 14.4. The van der Waals surface area contributed by atoms with Crippen LogP contribution in [0.5, 0.6) is 11.5 Å². The maximum Gasteiger partial charge on any atom is 0.335 e. The van der Waals surface area contributed by atoms with Crippen molar-refractivity contribution in [1.82, 2.24) is 5.32 Å². The molecule has 1 N–H and O–H groups in total. The van der Waals surface area contributed by atoms with E-state index in [2.05, 4.69) is 34.5 Å². The normalized spacial score (nSPS) is 15.2. The zero-order valence-corrected chi connectivity index (χ0v) is 18.7. The van der Waals surface area contributed by atoms with E-state index in [1.54, 1.807) is 36.4 Å². The zero-order chi connectivity index (χ0) is 21.8. The SMILES string of the molecule is C=CCOc1c(I)cc(/C=C2\C(=O)NC(=O)N(c3ccccc3Cl)C2=O)cc1OC. The van der Waals surface area contributed by atoms with Gasteiger partial charge >= 0.3 is 6.03 Å². The molecule has 0 radical (unpaired) electrons. The van der Waals surface area contributed by atoms with E-state index < -0.39 is 17.8 Å². The number of hydrogen-bond donors (Lipinski definition) is 1. The fourth-order valence-electron chi connectivity index (χ4n) is 2.78. The lowest BCUT2D eigenvalue weighted by Gasteiger charge is -2.27. The average molecular weight is 539 g/mol. The fourth-order valence-corrected chi connectivity index (χ4v) is 3.78. The number of para-hydroxylation sites is 1. The number of nitrogens with zero attached hydrogens (tertiary/aromatic N) is 1. The highest BCUT2D eigenvalue weighted by Crippen LogP contribution is 2.35. The van der Waals surface area contributed by atoms with Crippen molar-refractivity contribution in [3.05, 3.63) is 68.8 Å². The smallest absolute Gasteiger partial charge is 0.335 e. The Hall–Kier alpha value is -2.85. The molecular weight excluding hydrogens is 523 g/mol. The van der Waals surface area contributed by atoms with Gasteiger partial charge in [0, 0.05) is 0 Å². The van der Waals surface area contributed by atoms with E-state index in [-0.39, 0.29) is 16.3 Å². The molecule has 7 nitrogen and oxygen atoms in total. The van der Waals surface area contributed by atoms with Gasteiger partial charge < -0.3 is 9.47 Å². The Morgan fingerprint density at radius 3 is 2.63 bits per heavy atom. The summed E-state index contributed by atoms with van der Waals surface area (Å²) in [7, 11) is 1.49. The van der Waals surface area contributed by atoms with Crippen molar-refractivity contribution in [2.24, 2.45) is 0 Å². The summed E-state index contributed by atoms with van der Waals surface area (Å²) >= 11 is 8.20. The molecule has 1 aliphatic rings. The van der Waals surface area contributed by atoms with Crippen molar-refractivity contribution in [2.45, 2.75) is 0 Å². The van der Waals surface area contributed by atoms with Crippen LogP contribution in [0.3, 0.4) is 0 Å². The molecule has 0 aliphatic carbocycles. The van der Waals surface area contributed by atoms with E-state index >= 15 is 0 Å². The number of carbonyl (C=O) groups is 3. The maximum absolute atomic E-state index is 13.0. The molecule has 0 bridgehead atoms. The van der Waals surface area contributed by atoms with E-state index in [0.29, 0.717) is 27.2 Å². The predicted molar refractivity (Wildman–Crippen MR) is 122 cm³/mol. The van der Waals surface area contributed by atoms with Crippen molar-refractivity contribution in [2.75, 3.05) is 18.6 Å². The number of halogens is 2. The third-order valence-corrected chi connectivity index (χ3v) is 5.22. The molecule has 1 fully saturated rings. The molecule has 3 rings (SSSR count). The van der Waals surface area contributed by atoms with Gasteiger partial charge in [-0.1, -0.05) is 36.4 Å². The van der Waals surface area contributed by atoms with Gasteiger partial charge in [-0.25, -0.2) is 9.69 Å². The molecule has 154 valence electrons. The van der Waals surface area contributed by atoms with E-state index in [0.717, 1.165) is 4.90 Å². The van der Waals surface area contributed by atoms with Crippen LogP contribution in [0.4, 0.5) is 10.5 Å². The number of carbonyl (C=O) groups excluding carboxylic acids is 3. The van der Waals surface area contributed by atoms with Crippen LogP contribution in [0.2, 0.25) is 5.02 Å². The van der Waals surface area contributed by atoms with Gasteiger partial charge in [0.05, 0.1) is 21.4 Å². The summed E-state index contributed by atoms with van der Waals surface area (Å²) in [6.45, 7) is 3.91. The molecular formula is C21H16ClIN2O5. The number of nitrogens with one attached hydrogen (secondary N) is 1. The lowest BCUT2D eigenvalue weighted by Crippen LogP contribution is -2.54. The van der Waals surface area contributed by atoms with Crippen molar-refractivity contribution < 1.29 is 23.9 Å². The number of barbiturate groups is 1. The first-order valence-corrected chi connectivity index (χ1v) is 10.1. The molecule has 0 unspecified atom stereocenters.